The molecule has 44 heavy (non-hydrogen) atoms. The second-order valence-corrected chi connectivity index (χ2v) is 13.0. The van der Waals surface area contributed by atoms with Crippen LogP contribution in [0.5, 0.6) is 0 Å². The summed E-state index contributed by atoms with van der Waals surface area (Å²) in [5.41, 5.74) is 2.85. The molecule has 2 amide bonds. The standard InChI is InChI=1S/C35H38ClN3O4S/c1-3-4-22-37-35(41)33(24-28-13-7-5-8-14-28)38(25-29-18-20-30(36)21-19-29)34(40)26-39(31-15-11-12-27(2)23-31)44(42,43)32-16-9-6-10-17-32/h5-21,23,33H,3-4,22,24-26H2,1-2H3,(H,37,41)/t33-/m0/s1. The van der Waals surface area contributed by atoms with Crippen LogP contribution in [-0.4, -0.2) is 44.3 Å². The summed E-state index contributed by atoms with van der Waals surface area (Å²) in [6, 6.07) is 30.7. The van der Waals surface area contributed by atoms with Gasteiger partial charge in [-0.05, 0) is 66.4 Å². The van der Waals surface area contributed by atoms with Gasteiger partial charge in [-0.25, -0.2) is 8.42 Å². The number of hydrogen-bond donors (Lipinski definition) is 1. The number of rotatable bonds is 14. The van der Waals surface area contributed by atoms with Crippen molar-refractivity contribution in [3.8, 4) is 0 Å². The van der Waals surface area contributed by atoms with Crippen molar-refractivity contribution in [3.63, 3.8) is 0 Å². The highest BCUT2D eigenvalue weighted by Crippen LogP contribution is 2.26. The molecule has 4 rings (SSSR count). The first-order chi connectivity index (χ1) is 21.2. The Morgan fingerprint density at radius 2 is 1.50 bits per heavy atom. The zero-order valence-electron chi connectivity index (χ0n) is 25.0. The van der Waals surface area contributed by atoms with E-state index in [2.05, 4.69) is 5.32 Å². The molecule has 0 unspecified atom stereocenters. The maximum Gasteiger partial charge on any atom is 0.264 e. The van der Waals surface area contributed by atoms with Gasteiger partial charge in [0.1, 0.15) is 12.6 Å². The lowest BCUT2D eigenvalue weighted by Gasteiger charge is -2.34. The maximum absolute atomic E-state index is 14.4. The number of amides is 2. The summed E-state index contributed by atoms with van der Waals surface area (Å²) >= 11 is 6.14. The minimum Gasteiger partial charge on any atom is -0.354 e. The molecule has 0 aliphatic rings. The third-order valence-electron chi connectivity index (χ3n) is 7.27. The Bertz CT molecular complexity index is 1630. The maximum atomic E-state index is 14.4. The van der Waals surface area contributed by atoms with Gasteiger partial charge < -0.3 is 10.2 Å². The van der Waals surface area contributed by atoms with Crippen molar-refractivity contribution in [3.05, 3.63) is 131 Å². The molecule has 0 saturated heterocycles. The number of carbonyl (C=O) groups excluding carboxylic acids is 2. The van der Waals surface area contributed by atoms with Crippen molar-refractivity contribution in [1.29, 1.82) is 0 Å². The van der Waals surface area contributed by atoms with E-state index in [4.69, 9.17) is 11.6 Å². The van der Waals surface area contributed by atoms with E-state index in [0.29, 0.717) is 17.3 Å². The highest BCUT2D eigenvalue weighted by Gasteiger charge is 2.34. The van der Waals surface area contributed by atoms with Gasteiger partial charge in [-0.2, -0.15) is 0 Å². The first-order valence-electron chi connectivity index (χ1n) is 14.7. The molecule has 0 aliphatic heterocycles. The van der Waals surface area contributed by atoms with Crippen LogP contribution in [0.2, 0.25) is 5.02 Å². The second-order valence-electron chi connectivity index (χ2n) is 10.7. The Hall–Kier alpha value is -4.14. The molecule has 0 radical (unpaired) electrons. The molecule has 4 aromatic rings. The van der Waals surface area contributed by atoms with E-state index >= 15 is 0 Å². The SMILES string of the molecule is CCCCNC(=O)[C@H](Cc1ccccc1)N(Cc1ccc(Cl)cc1)C(=O)CN(c1cccc(C)c1)S(=O)(=O)c1ccccc1. The van der Waals surface area contributed by atoms with Gasteiger partial charge >= 0.3 is 0 Å². The summed E-state index contributed by atoms with van der Waals surface area (Å²) in [4.78, 5) is 29.8. The molecule has 0 saturated carbocycles. The summed E-state index contributed by atoms with van der Waals surface area (Å²) in [6.45, 7) is 3.96. The zero-order chi connectivity index (χ0) is 31.5. The monoisotopic (exact) mass is 631 g/mol. The van der Waals surface area contributed by atoms with Crippen molar-refractivity contribution in [1.82, 2.24) is 10.2 Å². The Balaban J connectivity index is 1.78. The third kappa shape index (κ3) is 8.71. The molecule has 0 aliphatic carbocycles. The number of anilines is 1. The molecule has 4 aromatic carbocycles. The van der Waals surface area contributed by atoms with Crippen LogP contribution >= 0.6 is 11.6 Å². The Kier molecular flexibility index (Phi) is 11.6. The van der Waals surface area contributed by atoms with E-state index < -0.39 is 28.5 Å². The first kappa shape index (κ1) is 32.8. The quantitative estimate of drug-likeness (QED) is 0.163. The Morgan fingerprint density at radius 1 is 0.841 bits per heavy atom. The van der Waals surface area contributed by atoms with Gasteiger partial charge in [-0.15, -0.1) is 0 Å². The average Bonchev–Trinajstić information content (AvgIpc) is 3.03. The van der Waals surface area contributed by atoms with Gasteiger partial charge in [-0.1, -0.05) is 97.7 Å². The molecule has 1 atom stereocenters. The van der Waals surface area contributed by atoms with Crippen molar-refractivity contribution < 1.29 is 18.0 Å². The van der Waals surface area contributed by atoms with Crippen LogP contribution in [0.1, 0.15) is 36.5 Å². The van der Waals surface area contributed by atoms with Crippen LogP contribution in [0.15, 0.2) is 114 Å². The van der Waals surface area contributed by atoms with E-state index in [1.165, 1.54) is 17.0 Å². The summed E-state index contributed by atoms with van der Waals surface area (Å²) in [6.07, 6.45) is 1.96. The van der Waals surface area contributed by atoms with Crippen molar-refractivity contribution in [2.75, 3.05) is 17.4 Å². The number of benzene rings is 4. The molecular formula is C35H38ClN3O4S. The van der Waals surface area contributed by atoms with Crippen LogP contribution in [0.25, 0.3) is 0 Å². The predicted molar refractivity (Wildman–Crippen MR) is 176 cm³/mol. The highest BCUT2D eigenvalue weighted by atomic mass is 35.5. The van der Waals surface area contributed by atoms with Gasteiger partial charge in [0.25, 0.3) is 10.0 Å². The predicted octanol–water partition coefficient (Wildman–Crippen LogP) is 6.40. The topological polar surface area (TPSA) is 86.8 Å². The molecule has 0 heterocycles. The molecule has 7 nitrogen and oxygen atoms in total. The summed E-state index contributed by atoms with van der Waals surface area (Å²) < 4.78 is 29.2. The van der Waals surface area contributed by atoms with E-state index in [0.717, 1.165) is 33.8 Å². The van der Waals surface area contributed by atoms with E-state index in [-0.39, 0.29) is 23.8 Å². The molecule has 0 aromatic heterocycles. The fourth-order valence-corrected chi connectivity index (χ4v) is 6.43. The minimum absolute atomic E-state index is 0.0664. The van der Waals surface area contributed by atoms with Crippen LogP contribution in [0.4, 0.5) is 5.69 Å². The molecule has 0 bridgehead atoms. The second kappa shape index (κ2) is 15.5. The van der Waals surface area contributed by atoms with Crippen LogP contribution in [0.3, 0.4) is 0 Å². The number of sulfonamides is 1. The van der Waals surface area contributed by atoms with Crippen LogP contribution in [-0.2, 0) is 32.6 Å². The lowest BCUT2D eigenvalue weighted by atomic mass is 10.0. The van der Waals surface area contributed by atoms with Crippen LogP contribution < -0.4 is 9.62 Å². The smallest absolute Gasteiger partial charge is 0.264 e. The zero-order valence-corrected chi connectivity index (χ0v) is 26.6. The summed E-state index contributed by atoms with van der Waals surface area (Å²) in [5.74, 6) is -0.801. The molecule has 0 spiro atoms. The largest absolute Gasteiger partial charge is 0.354 e. The molecule has 9 heteroatoms. The Labute approximate surface area is 265 Å². The number of nitrogens with zero attached hydrogens (tertiary/aromatic N) is 2. The van der Waals surface area contributed by atoms with E-state index in [9.17, 15) is 18.0 Å². The van der Waals surface area contributed by atoms with Crippen molar-refractivity contribution >= 4 is 39.1 Å². The minimum atomic E-state index is -4.13. The molecule has 0 fully saturated rings. The van der Waals surface area contributed by atoms with Crippen molar-refractivity contribution in [2.45, 2.75) is 50.6 Å². The number of nitrogens with one attached hydrogen (secondary N) is 1. The normalized spacial score (nSPS) is 11.9. The van der Waals surface area contributed by atoms with Gasteiger partial charge in [0.05, 0.1) is 10.6 Å². The van der Waals surface area contributed by atoms with Gasteiger partial charge in [0.15, 0.2) is 0 Å². The fraction of sp³-hybridized carbons (Fsp3) is 0.257. The van der Waals surface area contributed by atoms with E-state index in [1.807, 2.05) is 50.2 Å². The van der Waals surface area contributed by atoms with Crippen LogP contribution in [0, 0.1) is 6.92 Å². The van der Waals surface area contributed by atoms with Crippen molar-refractivity contribution in [2.24, 2.45) is 0 Å². The lowest BCUT2D eigenvalue weighted by Crippen LogP contribution is -2.53. The molecule has 1 N–H and O–H groups in total. The van der Waals surface area contributed by atoms with Gasteiger partial charge in [0.2, 0.25) is 11.8 Å². The number of carbonyl (C=O) groups is 2. The van der Waals surface area contributed by atoms with Gasteiger partial charge in [-0.3, -0.25) is 13.9 Å². The first-order valence-corrected chi connectivity index (χ1v) is 16.5. The third-order valence-corrected chi connectivity index (χ3v) is 9.31. The lowest BCUT2D eigenvalue weighted by molar-refractivity contribution is -0.140. The summed E-state index contributed by atoms with van der Waals surface area (Å²) in [5, 5.41) is 3.54. The fourth-order valence-electron chi connectivity index (χ4n) is 4.88. The Morgan fingerprint density at radius 3 is 2.14 bits per heavy atom. The number of unbranched alkanes of at least 4 members (excludes halogenated alkanes) is 1. The van der Waals surface area contributed by atoms with E-state index in [1.54, 1.807) is 60.7 Å². The highest BCUT2D eigenvalue weighted by molar-refractivity contribution is 7.92. The number of hydrogen-bond acceptors (Lipinski definition) is 4. The molecule has 230 valence electrons. The summed E-state index contributed by atoms with van der Waals surface area (Å²) in [7, 11) is -4.13. The number of aryl methyl sites for hydroxylation is 1. The van der Waals surface area contributed by atoms with Gasteiger partial charge in [0, 0.05) is 24.5 Å². The number of halogens is 1. The molecular weight excluding hydrogens is 594 g/mol. The average molecular weight is 632 g/mol.